The van der Waals surface area contributed by atoms with Crippen molar-refractivity contribution in [3.63, 3.8) is 0 Å². The van der Waals surface area contributed by atoms with Gasteiger partial charge in [0.15, 0.2) is 11.5 Å². The van der Waals surface area contributed by atoms with Crippen LogP contribution in [0.5, 0.6) is 0 Å². The van der Waals surface area contributed by atoms with E-state index in [4.69, 9.17) is 10.7 Å². The van der Waals surface area contributed by atoms with Crippen molar-refractivity contribution in [2.75, 3.05) is 0 Å². The van der Waals surface area contributed by atoms with E-state index in [2.05, 4.69) is 75.0 Å². The Hall–Kier alpha value is -4.36. The fraction of sp³-hybridized carbons (Fsp3) is 0.143. The van der Waals surface area contributed by atoms with E-state index in [9.17, 15) is 0 Å². The van der Waals surface area contributed by atoms with E-state index in [0.29, 0.717) is 5.82 Å². The molecule has 4 heterocycles. The molecule has 170 valence electrons. The number of fused-ring (bicyclic) bond motifs is 3. The smallest absolute Gasteiger partial charge is 0.186 e. The molecule has 2 aromatic carbocycles. The summed E-state index contributed by atoms with van der Waals surface area (Å²) < 4.78 is 2.03. The van der Waals surface area contributed by atoms with E-state index in [-0.39, 0.29) is 5.54 Å². The second-order valence-corrected chi connectivity index (χ2v) is 9.26. The van der Waals surface area contributed by atoms with Gasteiger partial charge < -0.3 is 5.73 Å². The second kappa shape index (κ2) is 7.58. The maximum atomic E-state index is 6.57. The molecule has 0 atom stereocenters. The standard InChI is InChI=1S/C28H23N7/c29-28(14-4-15-28)20-9-7-19(8-10-20)26-21(18-5-2-1-3-6-18)17-24-22(31-26)11-12-25-33-34-27(35(24)25)23-13-16-30-32-23/h1-3,5-13,16-17H,4,14-15,29H2,(H,30,32). The van der Waals surface area contributed by atoms with Crippen molar-refractivity contribution in [2.45, 2.75) is 24.8 Å². The van der Waals surface area contributed by atoms with Crippen LogP contribution in [0.25, 0.3) is 50.6 Å². The molecule has 0 bridgehead atoms. The Labute approximate surface area is 201 Å². The van der Waals surface area contributed by atoms with Gasteiger partial charge in [-0.05, 0) is 54.7 Å². The van der Waals surface area contributed by atoms with Gasteiger partial charge in [0.05, 0.1) is 16.7 Å². The van der Waals surface area contributed by atoms with Crippen LogP contribution in [0.1, 0.15) is 24.8 Å². The van der Waals surface area contributed by atoms with Crippen LogP contribution in [0.15, 0.2) is 85.1 Å². The van der Waals surface area contributed by atoms with Gasteiger partial charge in [-0.15, -0.1) is 10.2 Å². The van der Waals surface area contributed by atoms with Crippen LogP contribution >= 0.6 is 0 Å². The van der Waals surface area contributed by atoms with Crippen LogP contribution in [-0.2, 0) is 5.54 Å². The van der Waals surface area contributed by atoms with E-state index in [1.54, 1.807) is 6.20 Å². The predicted octanol–water partition coefficient (Wildman–Crippen LogP) is 5.34. The summed E-state index contributed by atoms with van der Waals surface area (Å²) in [5.74, 6) is 0.703. The molecule has 6 aromatic rings. The molecule has 4 aromatic heterocycles. The molecule has 1 aliphatic rings. The van der Waals surface area contributed by atoms with Gasteiger partial charge in [-0.2, -0.15) is 5.10 Å². The average molecular weight is 458 g/mol. The predicted molar refractivity (Wildman–Crippen MR) is 136 cm³/mol. The molecule has 0 aliphatic heterocycles. The molecule has 0 unspecified atom stereocenters. The minimum atomic E-state index is -0.180. The van der Waals surface area contributed by atoms with E-state index in [1.165, 1.54) is 12.0 Å². The summed E-state index contributed by atoms with van der Waals surface area (Å²) in [6.07, 6.45) is 5.00. The summed E-state index contributed by atoms with van der Waals surface area (Å²) in [6.45, 7) is 0. The maximum absolute atomic E-state index is 6.57. The number of nitrogens with one attached hydrogen (secondary N) is 1. The Bertz CT molecular complexity index is 1660. The highest BCUT2D eigenvalue weighted by Crippen LogP contribution is 2.40. The van der Waals surface area contributed by atoms with Gasteiger partial charge in [0.25, 0.3) is 0 Å². The number of nitrogens with zero attached hydrogens (tertiary/aromatic N) is 5. The number of H-pyrrole nitrogens is 1. The van der Waals surface area contributed by atoms with Crippen molar-refractivity contribution in [3.8, 4) is 33.9 Å². The molecule has 0 saturated heterocycles. The van der Waals surface area contributed by atoms with Gasteiger partial charge in [-0.3, -0.25) is 9.50 Å². The highest BCUT2D eigenvalue weighted by molar-refractivity contribution is 5.91. The zero-order valence-electron chi connectivity index (χ0n) is 19.0. The Balaban J connectivity index is 1.47. The molecular weight excluding hydrogens is 434 g/mol. The van der Waals surface area contributed by atoms with E-state index >= 15 is 0 Å². The summed E-state index contributed by atoms with van der Waals surface area (Å²) in [6, 6.07) is 27.0. The lowest BCUT2D eigenvalue weighted by Gasteiger charge is -2.38. The first-order valence-electron chi connectivity index (χ1n) is 11.8. The van der Waals surface area contributed by atoms with Gasteiger partial charge in [0, 0.05) is 22.9 Å². The molecule has 3 N–H and O–H groups in total. The largest absolute Gasteiger partial charge is 0.321 e. The number of hydrogen-bond acceptors (Lipinski definition) is 5. The van der Waals surface area contributed by atoms with Gasteiger partial charge in [-0.1, -0.05) is 54.6 Å². The minimum absolute atomic E-state index is 0.180. The summed E-state index contributed by atoms with van der Waals surface area (Å²) in [7, 11) is 0. The topological polar surface area (TPSA) is 97.8 Å². The number of benzene rings is 2. The first-order chi connectivity index (χ1) is 17.2. The fourth-order valence-electron chi connectivity index (χ4n) is 5.03. The molecular formula is C28H23N7. The number of aromatic amines is 1. The van der Waals surface area contributed by atoms with Crippen LogP contribution in [0, 0.1) is 0 Å². The molecule has 7 rings (SSSR count). The zero-order valence-corrected chi connectivity index (χ0v) is 19.0. The summed E-state index contributed by atoms with van der Waals surface area (Å²) >= 11 is 0. The number of pyridine rings is 2. The van der Waals surface area contributed by atoms with E-state index in [1.807, 2.05) is 28.7 Å². The average Bonchev–Trinajstić information content (AvgIpc) is 3.57. The Morgan fingerprint density at radius 2 is 1.69 bits per heavy atom. The molecule has 1 saturated carbocycles. The van der Waals surface area contributed by atoms with Crippen molar-refractivity contribution in [3.05, 3.63) is 90.6 Å². The van der Waals surface area contributed by atoms with Crippen molar-refractivity contribution in [2.24, 2.45) is 5.73 Å². The SMILES string of the molecule is NC1(c2ccc(-c3nc4ccc5nnc(-c6ccn[nH]6)n5c4cc3-c3ccccc3)cc2)CCC1. The highest BCUT2D eigenvalue weighted by atomic mass is 15.3. The number of hydrogen-bond donors (Lipinski definition) is 2. The van der Waals surface area contributed by atoms with Crippen LogP contribution in [-0.4, -0.2) is 29.8 Å². The van der Waals surface area contributed by atoms with Crippen LogP contribution in [0.2, 0.25) is 0 Å². The van der Waals surface area contributed by atoms with Gasteiger partial charge in [-0.25, -0.2) is 4.98 Å². The third kappa shape index (κ3) is 3.16. The Kier molecular flexibility index (Phi) is 4.34. The third-order valence-corrected chi connectivity index (χ3v) is 7.16. The molecule has 0 spiro atoms. The minimum Gasteiger partial charge on any atom is -0.321 e. The van der Waals surface area contributed by atoms with Crippen molar-refractivity contribution >= 4 is 16.7 Å². The lowest BCUT2D eigenvalue weighted by Crippen LogP contribution is -2.43. The van der Waals surface area contributed by atoms with Crippen molar-refractivity contribution in [1.29, 1.82) is 0 Å². The molecule has 1 fully saturated rings. The zero-order chi connectivity index (χ0) is 23.4. The van der Waals surface area contributed by atoms with Gasteiger partial charge >= 0.3 is 0 Å². The quantitative estimate of drug-likeness (QED) is 0.372. The number of rotatable bonds is 4. The molecule has 0 amide bonds. The van der Waals surface area contributed by atoms with Gasteiger partial charge in [0.2, 0.25) is 0 Å². The van der Waals surface area contributed by atoms with Crippen LogP contribution in [0.4, 0.5) is 0 Å². The maximum Gasteiger partial charge on any atom is 0.186 e. The van der Waals surface area contributed by atoms with E-state index in [0.717, 1.165) is 57.6 Å². The molecule has 1 aliphatic carbocycles. The fourth-order valence-corrected chi connectivity index (χ4v) is 5.03. The monoisotopic (exact) mass is 457 g/mol. The van der Waals surface area contributed by atoms with Crippen LogP contribution in [0.3, 0.4) is 0 Å². The normalized spacial score (nSPS) is 14.9. The summed E-state index contributed by atoms with van der Waals surface area (Å²) in [5, 5.41) is 15.9. The van der Waals surface area contributed by atoms with Crippen LogP contribution < -0.4 is 5.73 Å². The molecule has 7 nitrogen and oxygen atoms in total. The first-order valence-corrected chi connectivity index (χ1v) is 11.8. The summed E-state index contributed by atoms with van der Waals surface area (Å²) in [5.41, 5.74) is 15.1. The first kappa shape index (κ1) is 20.1. The Morgan fingerprint density at radius 3 is 2.40 bits per heavy atom. The number of nitrogens with two attached hydrogens (primary N) is 1. The number of aromatic nitrogens is 6. The highest BCUT2D eigenvalue weighted by Gasteiger charge is 2.34. The summed E-state index contributed by atoms with van der Waals surface area (Å²) in [4.78, 5) is 5.17. The molecule has 7 heteroatoms. The van der Waals surface area contributed by atoms with Crippen molar-refractivity contribution < 1.29 is 0 Å². The Morgan fingerprint density at radius 1 is 0.857 bits per heavy atom. The van der Waals surface area contributed by atoms with Gasteiger partial charge in [0.1, 0.15) is 5.69 Å². The molecule has 35 heavy (non-hydrogen) atoms. The van der Waals surface area contributed by atoms with Crippen molar-refractivity contribution in [1.82, 2.24) is 29.8 Å². The lowest BCUT2D eigenvalue weighted by atomic mass is 9.72. The second-order valence-electron chi connectivity index (χ2n) is 9.26. The third-order valence-electron chi connectivity index (χ3n) is 7.16. The molecule has 0 radical (unpaired) electrons. The van der Waals surface area contributed by atoms with E-state index < -0.39 is 0 Å². The lowest BCUT2D eigenvalue weighted by molar-refractivity contribution is 0.253.